The molecule has 0 heterocycles. The zero-order valence-electron chi connectivity index (χ0n) is 8.86. The van der Waals surface area contributed by atoms with Crippen molar-refractivity contribution >= 4 is 0 Å². The van der Waals surface area contributed by atoms with Crippen LogP contribution in [0, 0.1) is 0 Å². The Labute approximate surface area is 80.7 Å². The molecule has 3 unspecified atom stereocenters. The molecule has 1 N–H and O–H groups in total. The van der Waals surface area contributed by atoms with Crippen molar-refractivity contribution in [3.8, 4) is 0 Å². The van der Waals surface area contributed by atoms with Crippen LogP contribution in [-0.2, 0) is 4.74 Å². The van der Waals surface area contributed by atoms with Gasteiger partial charge in [0.05, 0.1) is 12.7 Å². The Bertz CT molecular complexity index is 152. The van der Waals surface area contributed by atoms with Crippen LogP contribution in [0.1, 0.15) is 26.2 Å². The summed E-state index contributed by atoms with van der Waals surface area (Å²) in [6.07, 6.45) is 3.08. The molecule has 1 aliphatic carbocycles. The van der Waals surface area contributed by atoms with Gasteiger partial charge in [-0.2, -0.15) is 0 Å². The molecule has 78 valence electrons. The number of hydrogen-bond acceptors (Lipinski definition) is 3. The normalized spacial score (nSPS) is 31.2. The van der Waals surface area contributed by atoms with E-state index < -0.39 is 0 Å². The van der Waals surface area contributed by atoms with Crippen molar-refractivity contribution in [3.63, 3.8) is 0 Å². The van der Waals surface area contributed by atoms with Crippen molar-refractivity contribution in [1.29, 1.82) is 0 Å². The predicted molar refractivity (Wildman–Crippen MR) is 52.7 cm³/mol. The highest BCUT2D eigenvalue weighted by Crippen LogP contribution is 2.24. The summed E-state index contributed by atoms with van der Waals surface area (Å²) in [7, 11) is 3.79. The number of hydrogen-bond donors (Lipinski definition) is 1. The van der Waals surface area contributed by atoms with Crippen molar-refractivity contribution < 1.29 is 9.84 Å². The Morgan fingerprint density at radius 2 is 2.23 bits per heavy atom. The van der Waals surface area contributed by atoms with E-state index in [1.807, 2.05) is 0 Å². The molecule has 0 saturated heterocycles. The summed E-state index contributed by atoms with van der Waals surface area (Å²) in [5.74, 6) is 0. The average Bonchev–Trinajstić information content (AvgIpc) is 2.50. The van der Waals surface area contributed by atoms with Crippen LogP contribution in [0.3, 0.4) is 0 Å². The minimum absolute atomic E-state index is 0.135. The smallest absolute Gasteiger partial charge is 0.0695 e. The molecule has 0 amide bonds. The lowest BCUT2D eigenvalue weighted by Crippen LogP contribution is -2.44. The number of rotatable bonds is 4. The summed E-state index contributed by atoms with van der Waals surface area (Å²) in [4.78, 5) is 2.24. The molecule has 0 spiro atoms. The van der Waals surface area contributed by atoms with Gasteiger partial charge in [-0.3, -0.25) is 4.90 Å². The Morgan fingerprint density at radius 3 is 2.69 bits per heavy atom. The first-order valence-corrected chi connectivity index (χ1v) is 5.05. The first kappa shape index (κ1) is 11.0. The van der Waals surface area contributed by atoms with E-state index in [-0.39, 0.29) is 6.10 Å². The van der Waals surface area contributed by atoms with Crippen LogP contribution in [-0.4, -0.2) is 49.0 Å². The van der Waals surface area contributed by atoms with E-state index in [1.54, 1.807) is 7.11 Å². The van der Waals surface area contributed by atoms with E-state index in [1.165, 1.54) is 0 Å². The van der Waals surface area contributed by atoms with Crippen LogP contribution in [0.5, 0.6) is 0 Å². The van der Waals surface area contributed by atoms with Gasteiger partial charge in [0, 0.05) is 19.2 Å². The Morgan fingerprint density at radius 1 is 1.54 bits per heavy atom. The lowest BCUT2D eigenvalue weighted by molar-refractivity contribution is 0.0369. The minimum atomic E-state index is -0.135. The number of nitrogens with zero attached hydrogens (tertiary/aromatic N) is 1. The van der Waals surface area contributed by atoms with Gasteiger partial charge in [-0.15, -0.1) is 0 Å². The number of ether oxygens (including phenoxy) is 1. The van der Waals surface area contributed by atoms with Crippen molar-refractivity contribution in [2.75, 3.05) is 20.8 Å². The fourth-order valence-electron chi connectivity index (χ4n) is 2.08. The van der Waals surface area contributed by atoms with Crippen LogP contribution in [0.4, 0.5) is 0 Å². The third kappa shape index (κ3) is 2.66. The van der Waals surface area contributed by atoms with E-state index in [0.29, 0.717) is 12.1 Å². The largest absolute Gasteiger partial charge is 0.391 e. The van der Waals surface area contributed by atoms with Crippen molar-refractivity contribution in [2.24, 2.45) is 0 Å². The second-order valence-electron chi connectivity index (χ2n) is 4.04. The van der Waals surface area contributed by atoms with Gasteiger partial charge in [0.1, 0.15) is 0 Å². The fraction of sp³-hybridized carbons (Fsp3) is 1.00. The minimum Gasteiger partial charge on any atom is -0.391 e. The van der Waals surface area contributed by atoms with Crippen LogP contribution in [0.15, 0.2) is 0 Å². The number of likely N-dealkylation sites (N-methyl/N-ethyl adjacent to an activating group) is 1. The zero-order chi connectivity index (χ0) is 9.84. The summed E-state index contributed by atoms with van der Waals surface area (Å²) < 4.78 is 5.10. The maximum absolute atomic E-state index is 9.69. The highest BCUT2D eigenvalue weighted by Gasteiger charge is 2.30. The molecule has 0 aromatic carbocycles. The zero-order valence-corrected chi connectivity index (χ0v) is 8.86. The number of aliphatic hydroxyl groups is 1. The van der Waals surface area contributed by atoms with Crippen molar-refractivity contribution in [1.82, 2.24) is 4.90 Å². The predicted octanol–water partition coefficient (Wildman–Crippen LogP) is 0.867. The summed E-state index contributed by atoms with van der Waals surface area (Å²) >= 11 is 0. The summed E-state index contributed by atoms with van der Waals surface area (Å²) in [5.41, 5.74) is 0. The molecule has 3 heteroatoms. The molecule has 1 fully saturated rings. The quantitative estimate of drug-likeness (QED) is 0.708. The molecule has 0 bridgehead atoms. The van der Waals surface area contributed by atoms with Gasteiger partial charge in [0.2, 0.25) is 0 Å². The van der Waals surface area contributed by atoms with E-state index in [2.05, 4.69) is 18.9 Å². The van der Waals surface area contributed by atoms with E-state index in [4.69, 9.17) is 4.74 Å². The summed E-state index contributed by atoms with van der Waals surface area (Å²) in [6.45, 7) is 2.87. The van der Waals surface area contributed by atoms with Crippen LogP contribution >= 0.6 is 0 Å². The van der Waals surface area contributed by atoms with Gasteiger partial charge in [0.15, 0.2) is 0 Å². The summed E-state index contributed by atoms with van der Waals surface area (Å²) in [6, 6.07) is 0.730. The van der Waals surface area contributed by atoms with E-state index >= 15 is 0 Å². The summed E-state index contributed by atoms with van der Waals surface area (Å²) in [5, 5.41) is 9.69. The fourth-order valence-corrected chi connectivity index (χ4v) is 2.08. The van der Waals surface area contributed by atoms with Gasteiger partial charge in [-0.05, 0) is 33.2 Å². The SMILES string of the molecule is COCC(C)N(C)C1CCCC1O. The molecular formula is C10H21NO2. The second kappa shape index (κ2) is 4.94. The Balaban J connectivity index is 2.40. The maximum atomic E-state index is 9.69. The molecule has 0 aliphatic heterocycles. The van der Waals surface area contributed by atoms with Crippen LogP contribution < -0.4 is 0 Å². The molecule has 1 rings (SSSR count). The van der Waals surface area contributed by atoms with Crippen LogP contribution in [0.25, 0.3) is 0 Å². The van der Waals surface area contributed by atoms with Crippen LogP contribution in [0.2, 0.25) is 0 Å². The molecule has 0 aromatic heterocycles. The number of aliphatic hydroxyl groups excluding tert-OH is 1. The molecule has 0 aromatic rings. The number of methoxy groups -OCH3 is 1. The lowest BCUT2D eigenvalue weighted by atomic mass is 10.1. The molecule has 13 heavy (non-hydrogen) atoms. The van der Waals surface area contributed by atoms with Crippen molar-refractivity contribution in [2.45, 2.75) is 44.4 Å². The maximum Gasteiger partial charge on any atom is 0.0695 e. The van der Waals surface area contributed by atoms with Gasteiger partial charge < -0.3 is 9.84 Å². The third-order valence-corrected chi connectivity index (χ3v) is 3.07. The van der Waals surface area contributed by atoms with Gasteiger partial charge in [-0.25, -0.2) is 0 Å². The Hall–Kier alpha value is -0.120. The van der Waals surface area contributed by atoms with E-state index in [9.17, 15) is 5.11 Å². The molecular weight excluding hydrogens is 166 g/mol. The topological polar surface area (TPSA) is 32.7 Å². The standard InChI is InChI=1S/C10H21NO2/c1-8(7-13-3)11(2)9-5-4-6-10(9)12/h8-10,12H,4-7H2,1-3H3. The molecule has 1 saturated carbocycles. The monoisotopic (exact) mass is 187 g/mol. The first-order chi connectivity index (χ1) is 6.16. The Kier molecular flexibility index (Phi) is 4.16. The van der Waals surface area contributed by atoms with Gasteiger partial charge >= 0.3 is 0 Å². The lowest BCUT2D eigenvalue weighted by Gasteiger charge is -2.32. The first-order valence-electron chi connectivity index (χ1n) is 5.05. The van der Waals surface area contributed by atoms with E-state index in [0.717, 1.165) is 25.9 Å². The molecule has 1 aliphatic rings. The third-order valence-electron chi connectivity index (χ3n) is 3.07. The highest BCUT2D eigenvalue weighted by molar-refractivity contribution is 4.85. The second-order valence-corrected chi connectivity index (χ2v) is 4.04. The highest BCUT2D eigenvalue weighted by atomic mass is 16.5. The van der Waals surface area contributed by atoms with Crippen molar-refractivity contribution in [3.05, 3.63) is 0 Å². The van der Waals surface area contributed by atoms with Gasteiger partial charge in [0.25, 0.3) is 0 Å². The average molecular weight is 187 g/mol. The molecule has 3 atom stereocenters. The molecule has 0 radical (unpaired) electrons. The molecule has 3 nitrogen and oxygen atoms in total. The van der Waals surface area contributed by atoms with Gasteiger partial charge in [-0.1, -0.05) is 0 Å².